The second-order valence-electron chi connectivity index (χ2n) is 5.57. The Morgan fingerprint density at radius 3 is 1.76 bits per heavy atom. The van der Waals surface area contributed by atoms with Crippen molar-refractivity contribution in [2.45, 2.75) is 54.0 Å². The van der Waals surface area contributed by atoms with E-state index in [1.54, 1.807) is 14.4 Å². The van der Waals surface area contributed by atoms with Gasteiger partial charge in [-0.25, -0.2) is 0 Å². The van der Waals surface area contributed by atoms with Gasteiger partial charge in [-0.05, 0) is 0 Å². The fourth-order valence-corrected chi connectivity index (χ4v) is 5.06. The predicted octanol–water partition coefficient (Wildman–Crippen LogP) is 4.48. The van der Waals surface area contributed by atoms with Crippen molar-refractivity contribution in [3.63, 3.8) is 0 Å². The molecule has 1 atom stereocenters. The van der Waals surface area contributed by atoms with E-state index in [0.29, 0.717) is 5.92 Å². The first-order chi connectivity index (χ1) is 6.74. The van der Waals surface area contributed by atoms with Gasteiger partial charge < -0.3 is 0 Å². The van der Waals surface area contributed by atoms with Gasteiger partial charge in [0.25, 0.3) is 0 Å². The summed E-state index contributed by atoms with van der Waals surface area (Å²) in [4.78, 5) is 0. The molecule has 0 aromatic rings. The minimum absolute atomic E-state index is 0. The third kappa shape index (κ3) is 5.19. The Labute approximate surface area is 131 Å². The minimum Gasteiger partial charge on any atom is -0.147 e. The average molecular weight is 357 g/mol. The Balaban J connectivity index is 0. The number of rotatable bonds is 2. The van der Waals surface area contributed by atoms with Crippen LogP contribution in [0.4, 0.5) is 0 Å². The Hall–Kier alpha value is 0.903. The van der Waals surface area contributed by atoms with Crippen molar-refractivity contribution in [2.75, 3.05) is 0 Å². The molecule has 0 aliphatic heterocycles. The summed E-state index contributed by atoms with van der Waals surface area (Å²) in [5.74, 6) is 0.700. The second-order valence-corrected chi connectivity index (χ2v) is 8.12. The van der Waals surface area contributed by atoms with Crippen LogP contribution in [0.2, 0.25) is 0 Å². The summed E-state index contributed by atoms with van der Waals surface area (Å²) in [5, 5.41) is 0. The van der Waals surface area contributed by atoms with Crippen molar-refractivity contribution >= 4 is 24.8 Å². The molecule has 0 radical (unpaired) electrons. The van der Waals surface area contributed by atoms with Crippen LogP contribution in [0.5, 0.6) is 0 Å². The molecule has 0 aromatic carbocycles. The van der Waals surface area contributed by atoms with Gasteiger partial charge in [-0.1, -0.05) is 0 Å². The maximum absolute atomic E-state index is 3.75. The number of allylic oxidation sites excluding steroid dienone is 4. The van der Waals surface area contributed by atoms with Crippen LogP contribution in [-0.2, 0) is 23.5 Å². The van der Waals surface area contributed by atoms with Crippen LogP contribution in [-0.4, -0.2) is 5.54 Å². The van der Waals surface area contributed by atoms with Crippen molar-refractivity contribution in [1.82, 2.24) is 3.26 Å². The van der Waals surface area contributed by atoms with E-state index < -0.39 is 23.5 Å². The van der Waals surface area contributed by atoms with E-state index in [4.69, 9.17) is 0 Å². The van der Waals surface area contributed by atoms with Crippen molar-refractivity contribution < 1.29 is 23.5 Å². The Bertz CT molecular complexity index is 327. The first kappa shape index (κ1) is 20.2. The molecule has 1 unspecified atom stereocenters. The van der Waals surface area contributed by atoms with Gasteiger partial charge in [0.2, 0.25) is 0 Å². The van der Waals surface area contributed by atoms with E-state index in [2.05, 4.69) is 51.7 Å². The van der Waals surface area contributed by atoms with Crippen LogP contribution in [0.3, 0.4) is 0 Å². The SMILES string of the molecule is CC1=C(C)C(C)[C]([Zr][NH]C(C)(C)C)=C1C.Cl.Cl. The molecule has 0 amide bonds. The summed E-state index contributed by atoms with van der Waals surface area (Å²) in [6.45, 7) is 16.0. The van der Waals surface area contributed by atoms with E-state index in [9.17, 15) is 0 Å². The van der Waals surface area contributed by atoms with Crippen molar-refractivity contribution in [1.29, 1.82) is 0 Å². The molecule has 0 aromatic heterocycles. The standard InChI is InChI=1S/C9H13.C4H10N.2ClH.Zr/c1-6-5-7(2)9(4)8(6)3;1-4(2,3)5;;;/h6H,1-4H3;5H,1-3H3;2*1H;/q;-1;;;+1. The van der Waals surface area contributed by atoms with Gasteiger partial charge in [0, 0.05) is 0 Å². The molecule has 1 aliphatic rings. The molecule has 4 heteroatoms. The normalized spacial score (nSPS) is 20.1. The Morgan fingerprint density at radius 1 is 1.00 bits per heavy atom. The van der Waals surface area contributed by atoms with Gasteiger partial charge in [-0.15, -0.1) is 24.8 Å². The van der Waals surface area contributed by atoms with Gasteiger partial charge in [0.15, 0.2) is 0 Å². The Kier molecular flexibility index (Phi) is 8.90. The van der Waals surface area contributed by atoms with E-state index >= 15 is 0 Å². The van der Waals surface area contributed by atoms with E-state index in [0.717, 1.165) is 0 Å². The van der Waals surface area contributed by atoms with Crippen LogP contribution in [0.1, 0.15) is 48.5 Å². The third-order valence-corrected chi connectivity index (χ3v) is 8.01. The first-order valence-corrected chi connectivity index (χ1v) is 8.11. The smallest absolute Gasteiger partial charge is 0.147 e. The van der Waals surface area contributed by atoms with Crippen LogP contribution >= 0.6 is 24.8 Å². The van der Waals surface area contributed by atoms with Gasteiger partial charge in [-0.2, -0.15) is 0 Å². The quantitative estimate of drug-likeness (QED) is 0.769. The number of hydrogen-bond acceptors (Lipinski definition) is 1. The second kappa shape index (κ2) is 7.48. The molecular weight excluding hydrogens is 332 g/mol. The van der Waals surface area contributed by atoms with E-state index in [1.165, 1.54) is 5.57 Å². The zero-order valence-corrected chi connectivity index (χ0v) is 16.0. The monoisotopic (exact) mass is 355 g/mol. The minimum atomic E-state index is -0.580. The number of hydrogen-bond donors (Lipinski definition) is 1. The average Bonchev–Trinajstić information content (AvgIpc) is 2.28. The summed E-state index contributed by atoms with van der Waals surface area (Å²) in [7, 11) is 0. The molecule has 1 rings (SSSR count). The van der Waals surface area contributed by atoms with Crippen molar-refractivity contribution in [3.05, 3.63) is 20.0 Å². The van der Waals surface area contributed by atoms with Crippen LogP contribution < -0.4 is 3.26 Å². The van der Waals surface area contributed by atoms with Crippen molar-refractivity contribution in [2.24, 2.45) is 5.92 Å². The first-order valence-electron chi connectivity index (χ1n) is 5.65. The van der Waals surface area contributed by atoms with E-state index in [1.807, 2.05) is 0 Å². The number of halogens is 2. The van der Waals surface area contributed by atoms with E-state index in [-0.39, 0.29) is 30.4 Å². The molecule has 0 fully saturated rings. The van der Waals surface area contributed by atoms with Gasteiger partial charge in [0.1, 0.15) is 0 Å². The summed E-state index contributed by atoms with van der Waals surface area (Å²) < 4.78 is 5.49. The third-order valence-electron chi connectivity index (χ3n) is 3.21. The molecule has 1 aliphatic carbocycles. The van der Waals surface area contributed by atoms with Crippen LogP contribution in [0.25, 0.3) is 0 Å². The van der Waals surface area contributed by atoms with Gasteiger partial charge in [0.05, 0.1) is 0 Å². The molecule has 0 saturated heterocycles. The van der Waals surface area contributed by atoms with Crippen LogP contribution in [0.15, 0.2) is 20.0 Å². The Morgan fingerprint density at radius 2 is 1.47 bits per heavy atom. The maximum atomic E-state index is 3.75. The molecule has 0 heterocycles. The summed E-state index contributed by atoms with van der Waals surface area (Å²) >= 11 is -0.580. The fraction of sp³-hybridized carbons (Fsp3) is 0.692. The molecule has 0 spiro atoms. The van der Waals surface area contributed by atoms with Crippen molar-refractivity contribution in [3.8, 4) is 0 Å². The number of nitrogens with one attached hydrogen (secondary N) is 1. The van der Waals surface area contributed by atoms with Crippen LogP contribution in [0, 0.1) is 5.92 Å². The molecular formula is C13H25Cl2NZr. The van der Waals surface area contributed by atoms with Gasteiger partial charge in [-0.3, -0.25) is 0 Å². The molecule has 0 saturated carbocycles. The molecule has 1 N–H and O–H groups in total. The fourth-order valence-electron chi connectivity index (χ4n) is 1.82. The molecule has 0 bridgehead atoms. The zero-order chi connectivity index (χ0) is 11.8. The summed E-state index contributed by atoms with van der Waals surface area (Å²) in [6, 6.07) is 0. The predicted molar refractivity (Wildman–Crippen MR) is 77.6 cm³/mol. The summed E-state index contributed by atoms with van der Waals surface area (Å²) in [5.41, 5.74) is 4.97. The molecule has 1 nitrogen and oxygen atoms in total. The topological polar surface area (TPSA) is 12.0 Å². The largest absolute Gasteiger partial charge is 0.147 e. The zero-order valence-electron chi connectivity index (χ0n) is 11.9. The molecule has 100 valence electrons. The summed E-state index contributed by atoms with van der Waals surface area (Å²) in [6.07, 6.45) is 0. The molecule has 17 heavy (non-hydrogen) atoms. The maximum Gasteiger partial charge on any atom is -0.147 e. The van der Waals surface area contributed by atoms with Gasteiger partial charge >= 0.3 is 107 Å².